The Morgan fingerprint density at radius 3 is 2.25 bits per heavy atom. The van der Waals surface area contributed by atoms with E-state index in [1.807, 2.05) is 6.07 Å². The molecule has 2 rings (SSSR count). The molecule has 20 heavy (non-hydrogen) atoms. The maximum atomic E-state index is 12.4. The van der Waals surface area contributed by atoms with Gasteiger partial charge in [0.05, 0.1) is 13.1 Å². The van der Waals surface area contributed by atoms with Crippen molar-refractivity contribution in [3.63, 3.8) is 0 Å². The number of rotatable bonds is 2. The van der Waals surface area contributed by atoms with Gasteiger partial charge in [-0.2, -0.15) is 0 Å². The summed E-state index contributed by atoms with van der Waals surface area (Å²) in [5.41, 5.74) is 1.29. The van der Waals surface area contributed by atoms with E-state index in [9.17, 15) is 4.79 Å². The van der Waals surface area contributed by atoms with Gasteiger partial charge in [0.15, 0.2) is 0 Å². The first-order valence-electron chi connectivity index (χ1n) is 6.84. The molecule has 112 valence electrons. The van der Waals surface area contributed by atoms with Gasteiger partial charge in [0.2, 0.25) is 0 Å². The second kappa shape index (κ2) is 5.73. The Labute approximate surface area is 142 Å². The van der Waals surface area contributed by atoms with Crippen LogP contribution in [0.1, 0.15) is 57.3 Å². The quantitative estimate of drug-likeness (QED) is 0.659. The van der Waals surface area contributed by atoms with Crippen molar-refractivity contribution in [2.45, 2.75) is 53.0 Å². The highest BCUT2D eigenvalue weighted by molar-refractivity contribution is 9.12. The summed E-state index contributed by atoms with van der Waals surface area (Å²) in [5.74, 6) is 0.0253. The molecule has 1 saturated carbocycles. The zero-order valence-electron chi connectivity index (χ0n) is 12.3. The third-order valence-corrected chi connectivity index (χ3v) is 6.13. The first kappa shape index (κ1) is 16.5. The van der Waals surface area contributed by atoms with Gasteiger partial charge in [-0.05, 0) is 68.0 Å². The maximum absolute atomic E-state index is 12.4. The molecule has 1 aromatic heterocycles. The Kier molecular flexibility index (Phi) is 4.73. The van der Waals surface area contributed by atoms with Crippen molar-refractivity contribution in [3.05, 3.63) is 19.2 Å². The fraction of sp³-hybridized carbons (Fsp3) is 0.667. The fourth-order valence-corrected chi connectivity index (χ4v) is 6.50. The maximum Gasteiger partial charge on any atom is 0.253 e. The molecule has 0 radical (unpaired) electrons. The van der Waals surface area contributed by atoms with E-state index in [4.69, 9.17) is 0 Å². The monoisotopic (exact) mass is 421 g/mol. The van der Waals surface area contributed by atoms with E-state index in [1.165, 1.54) is 17.8 Å². The molecule has 2 nitrogen and oxygen atoms in total. The van der Waals surface area contributed by atoms with Gasteiger partial charge in [-0.1, -0.05) is 27.7 Å². The third-order valence-electron chi connectivity index (χ3n) is 3.79. The summed E-state index contributed by atoms with van der Waals surface area (Å²) in [6.07, 6.45) is 3.30. The Morgan fingerprint density at radius 2 is 1.80 bits per heavy atom. The molecule has 1 heterocycles. The Balaban J connectivity index is 2.09. The summed E-state index contributed by atoms with van der Waals surface area (Å²) >= 11 is 8.41. The van der Waals surface area contributed by atoms with Gasteiger partial charge in [-0.3, -0.25) is 4.79 Å². The minimum Gasteiger partial charge on any atom is -0.349 e. The zero-order valence-corrected chi connectivity index (χ0v) is 16.3. The topological polar surface area (TPSA) is 29.1 Å². The molecular weight excluding hydrogens is 402 g/mol. The van der Waals surface area contributed by atoms with Gasteiger partial charge in [-0.25, -0.2) is 0 Å². The number of halogens is 2. The summed E-state index contributed by atoms with van der Waals surface area (Å²) in [7, 11) is 0. The Bertz CT molecular complexity index is 506. The minimum atomic E-state index is 0.0253. The molecule has 1 fully saturated rings. The molecule has 0 atom stereocenters. The molecule has 0 bridgehead atoms. The Hall–Kier alpha value is 0.130. The number of hydrogen-bond donors (Lipinski definition) is 1. The van der Waals surface area contributed by atoms with Crippen molar-refractivity contribution < 1.29 is 4.79 Å². The smallest absolute Gasteiger partial charge is 0.253 e. The van der Waals surface area contributed by atoms with E-state index in [2.05, 4.69) is 64.9 Å². The van der Waals surface area contributed by atoms with Crippen molar-refractivity contribution in [1.29, 1.82) is 0 Å². The highest BCUT2D eigenvalue weighted by Gasteiger charge is 2.39. The molecule has 1 amide bonds. The van der Waals surface area contributed by atoms with Crippen molar-refractivity contribution >= 4 is 49.1 Å². The predicted octanol–water partition coefficient (Wildman–Crippen LogP) is 5.61. The van der Waals surface area contributed by atoms with Crippen LogP contribution in [0, 0.1) is 10.8 Å². The van der Waals surface area contributed by atoms with E-state index in [1.54, 1.807) is 0 Å². The number of hydrogen-bond acceptors (Lipinski definition) is 2. The van der Waals surface area contributed by atoms with Crippen LogP contribution >= 0.6 is 43.2 Å². The molecule has 1 N–H and O–H groups in total. The van der Waals surface area contributed by atoms with Crippen LogP contribution in [0.25, 0.3) is 0 Å². The van der Waals surface area contributed by atoms with Gasteiger partial charge in [0, 0.05) is 6.04 Å². The molecule has 5 heteroatoms. The molecule has 0 saturated heterocycles. The molecule has 0 unspecified atom stereocenters. The first-order chi connectivity index (χ1) is 9.08. The van der Waals surface area contributed by atoms with Crippen LogP contribution in [0.4, 0.5) is 0 Å². The number of nitrogens with one attached hydrogen (secondary N) is 1. The Morgan fingerprint density at radius 1 is 1.25 bits per heavy atom. The van der Waals surface area contributed by atoms with Crippen molar-refractivity contribution in [2.24, 2.45) is 10.8 Å². The summed E-state index contributed by atoms with van der Waals surface area (Å²) in [6.45, 7) is 9.18. The highest BCUT2D eigenvalue weighted by Crippen LogP contribution is 2.45. The minimum absolute atomic E-state index is 0.0253. The zero-order chi connectivity index (χ0) is 15.1. The number of thiophene rings is 1. The van der Waals surface area contributed by atoms with Crippen LogP contribution < -0.4 is 5.32 Å². The third kappa shape index (κ3) is 4.08. The molecule has 1 aromatic rings. The van der Waals surface area contributed by atoms with E-state index < -0.39 is 0 Å². The summed E-state index contributed by atoms with van der Waals surface area (Å²) < 4.78 is 1.86. The van der Waals surface area contributed by atoms with Gasteiger partial charge in [0.1, 0.15) is 0 Å². The lowest BCUT2D eigenvalue weighted by Gasteiger charge is -2.45. The number of carbonyl (C=O) groups is 1. The molecule has 1 aliphatic rings. The van der Waals surface area contributed by atoms with Gasteiger partial charge >= 0.3 is 0 Å². The van der Waals surface area contributed by atoms with Crippen molar-refractivity contribution in [2.75, 3.05) is 0 Å². The lowest BCUT2D eigenvalue weighted by molar-refractivity contribution is 0.0713. The molecule has 0 spiro atoms. The number of carbonyl (C=O) groups excluding carboxylic acids is 1. The second-order valence-electron chi connectivity index (χ2n) is 7.32. The lowest BCUT2D eigenvalue weighted by Crippen LogP contribution is -2.46. The molecule has 0 aromatic carbocycles. The van der Waals surface area contributed by atoms with E-state index in [0.29, 0.717) is 0 Å². The molecular formula is C15H21Br2NOS. The van der Waals surface area contributed by atoms with Gasteiger partial charge in [-0.15, -0.1) is 11.3 Å². The standard InChI is InChI=1S/C15H21Br2NOS/c1-14(2)6-9(7-15(3,4)8-14)18-13(19)10-5-11(16)20-12(10)17/h5,9H,6-8H2,1-4H3,(H,18,19). The van der Waals surface area contributed by atoms with Crippen LogP contribution in [0.5, 0.6) is 0 Å². The lowest BCUT2D eigenvalue weighted by atomic mass is 9.63. The van der Waals surface area contributed by atoms with Crippen LogP contribution in [-0.4, -0.2) is 11.9 Å². The van der Waals surface area contributed by atoms with Crippen molar-refractivity contribution in [1.82, 2.24) is 5.32 Å². The second-order valence-corrected chi connectivity index (χ2v) is 11.1. The van der Waals surface area contributed by atoms with Crippen LogP contribution in [0.2, 0.25) is 0 Å². The van der Waals surface area contributed by atoms with E-state index in [0.717, 1.165) is 26.0 Å². The van der Waals surface area contributed by atoms with Gasteiger partial charge < -0.3 is 5.32 Å². The normalized spacial score (nSPS) is 21.7. The average Bonchev–Trinajstić information content (AvgIpc) is 2.52. The summed E-state index contributed by atoms with van der Waals surface area (Å²) in [6, 6.07) is 2.13. The highest BCUT2D eigenvalue weighted by atomic mass is 79.9. The SMILES string of the molecule is CC1(C)CC(NC(=O)c2cc(Br)sc2Br)CC(C)(C)C1. The predicted molar refractivity (Wildman–Crippen MR) is 92.4 cm³/mol. The number of amides is 1. The van der Waals surface area contributed by atoms with E-state index in [-0.39, 0.29) is 22.8 Å². The average molecular weight is 423 g/mol. The molecule has 0 aliphatic heterocycles. The van der Waals surface area contributed by atoms with E-state index >= 15 is 0 Å². The van der Waals surface area contributed by atoms with Crippen LogP contribution in [-0.2, 0) is 0 Å². The van der Waals surface area contributed by atoms with Gasteiger partial charge in [0.25, 0.3) is 5.91 Å². The van der Waals surface area contributed by atoms with Crippen LogP contribution in [0.15, 0.2) is 13.6 Å². The van der Waals surface area contributed by atoms with Crippen molar-refractivity contribution in [3.8, 4) is 0 Å². The molecule has 1 aliphatic carbocycles. The summed E-state index contributed by atoms with van der Waals surface area (Å²) in [4.78, 5) is 12.4. The largest absolute Gasteiger partial charge is 0.349 e. The summed E-state index contributed by atoms with van der Waals surface area (Å²) in [5, 5.41) is 3.22. The van der Waals surface area contributed by atoms with Crippen LogP contribution in [0.3, 0.4) is 0 Å². The fourth-order valence-electron chi connectivity index (χ4n) is 3.71. The first-order valence-corrected chi connectivity index (χ1v) is 9.24.